The van der Waals surface area contributed by atoms with Gasteiger partial charge in [0.25, 0.3) is 0 Å². The Hall–Kier alpha value is 0.260. The monoisotopic (exact) mass is 313 g/mol. The van der Waals surface area contributed by atoms with Gasteiger partial charge in [0.2, 0.25) is 0 Å². The van der Waals surface area contributed by atoms with Crippen LogP contribution in [0.15, 0.2) is 0 Å². The molecule has 112 valence electrons. The molecule has 0 spiro atoms. The van der Waals surface area contributed by atoms with E-state index in [0.717, 1.165) is 19.3 Å². The Morgan fingerprint density at radius 1 is 1.05 bits per heavy atom. The molecule has 0 aliphatic heterocycles. The van der Waals surface area contributed by atoms with Crippen molar-refractivity contribution in [2.45, 2.75) is 37.0 Å². The van der Waals surface area contributed by atoms with Gasteiger partial charge in [-0.05, 0) is 43.6 Å². The maximum absolute atomic E-state index is 11.7. The van der Waals surface area contributed by atoms with E-state index in [4.69, 9.17) is 5.73 Å². The van der Waals surface area contributed by atoms with Gasteiger partial charge in [-0.1, -0.05) is 12.8 Å². The standard InChI is InChI=1S/C10H21NO6P2/c11-6-8-3-1-2-7-4-10(5-9(7)8,18(12,13)14)19(15,16)17/h7-9H,1-6,11H2,(H2,12,13,14)(H2,15,16,17). The first kappa shape index (κ1) is 15.6. The van der Waals surface area contributed by atoms with Gasteiger partial charge in [-0.2, -0.15) is 0 Å². The summed E-state index contributed by atoms with van der Waals surface area (Å²) in [7, 11) is -9.76. The Morgan fingerprint density at radius 2 is 1.63 bits per heavy atom. The molecule has 2 saturated carbocycles. The number of hydrogen-bond donors (Lipinski definition) is 5. The molecule has 0 aromatic carbocycles. The summed E-state index contributed by atoms with van der Waals surface area (Å²) in [6.07, 6.45) is 2.33. The fourth-order valence-electron chi connectivity index (χ4n) is 3.86. The number of rotatable bonds is 3. The molecular formula is C10H21NO6P2. The molecule has 2 aliphatic carbocycles. The minimum absolute atomic E-state index is 0.0393. The highest BCUT2D eigenvalue weighted by Crippen LogP contribution is 2.77. The molecule has 0 amide bonds. The average molecular weight is 313 g/mol. The second-order valence-corrected chi connectivity index (χ2v) is 10.1. The molecule has 2 fully saturated rings. The lowest BCUT2D eigenvalue weighted by molar-refractivity contribution is 0.187. The van der Waals surface area contributed by atoms with Crippen LogP contribution < -0.4 is 5.73 Å². The van der Waals surface area contributed by atoms with Crippen molar-refractivity contribution in [3.63, 3.8) is 0 Å². The lowest BCUT2D eigenvalue weighted by Gasteiger charge is -2.33. The molecule has 2 aliphatic rings. The van der Waals surface area contributed by atoms with Crippen molar-refractivity contribution in [1.29, 1.82) is 0 Å². The second-order valence-electron chi connectivity index (χ2n) is 5.83. The zero-order valence-electron chi connectivity index (χ0n) is 10.6. The molecule has 6 N–H and O–H groups in total. The van der Waals surface area contributed by atoms with Crippen molar-refractivity contribution < 1.29 is 28.7 Å². The molecule has 7 nitrogen and oxygen atoms in total. The minimum atomic E-state index is -4.88. The quantitative estimate of drug-likeness (QED) is 0.486. The highest BCUT2D eigenvalue weighted by atomic mass is 31.2. The first-order valence-electron chi connectivity index (χ1n) is 6.44. The predicted octanol–water partition coefficient (Wildman–Crippen LogP) is 0.823. The third-order valence-corrected chi connectivity index (χ3v) is 9.36. The summed E-state index contributed by atoms with van der Waals surface area (Å²) < 4.78 is 23.4. The van der Waals surface area contributed by atoms with E-state index in [9.17, 15) is 28.7 Å². The lowest BCUT2D eigenvalue weighted by Crippen LogP contribution is -2.30. The number of hydrogen-bond acceptors (Lipinski definition) is 3. The summed E-state index contributed by atoms with van der Waals surface area (Å²) in [5.74, 6) is -0.0136. The average Bonchev–Trinajstić information content (AvgIpc) is 2.67. The van der Waals surface area contributed by atoms with Crippen LogP contribution >= 0.6 is 15.2 Å². The van der Waals surface area contributed by atoms with Crippen molar-refractivity contribution in [3.8, 4) is 0 Å². The zero-order chi connectivity index (χ0) is 14.5. The van der Waals surface area contributed by atoms with Crippen LogP contribution in [-0.4, -0.2) is 31.0 Å². The van der Waals surface area contributed by atoms with Gasteiger partial charge < -0.3 is 25.3 Å². The summed E-state index contributed by atoms with van der Waals surface area (Å²) in [6.45, 7) is 0.402. The van der Waals surface area contributed by atoms with Gasteiger partial charge in [-0.25, -0.2) is 0 Å². The second kappa shape index (κ2) is 4.92. The Kier molecular flexibility index (Phi) is 4.05. The molecule has 0 heterocycles. The van der Waals surface area contributed by atoms with E-state index in [0.29, 0.717) is 6.54 Å². The molecule has 2 rings (SSSR count). The van der Waals surface area contributed by atoms with Crippen molar-refractivity contribution in [1.82, 2.24) is 0 Å². The van der Waals surface area contributed by atoms with Crippen molar-refractivity contribution in [2.75, 3.05) is 6.54 Å². The van der Waals surface area contributed by atoms with Gasteiger partial charge in [0.15, 0.2) is 4.90 Å². The SMILES string of the molecule is NCC1CCCC2CC(P(=O)(O)O)(P(=O)(O)O)CC12. The summed E-state index contributed by atoms with van der Waals surface area (Å²) in [4.78, 5) is 35.8. The predicted molar refractivity (Wildman–Crippen MR) is 69.4 cm³/mol. The number of nitrogens with two attached hydrogens (primary N) is 1. The van der Waals surface area contributed by atoms with E-state index in [1.165, 1.54) is 0 Å². The molecule has 9 heteroatoms. The fourth-order valence-corrected chi connectivity index (χ4v) is 7.06. The van der Waals surface area contributed by atoms with Crippen molar-refractivity contribution >= 4 is 15.2 Å². The van der Waals surface area contributed by atoms with E-state index in [1.807, 2.05) is 0 Å². The molecule has 0 aromatic heterocycles. The Bertz CT molecular complexity index is 421. The Morgan fingerprint density at radius 3 is 2.11 bits per heavy atom. The normalized spacial score (nSPS) is 35.1. The highest BCUT2D eigenvalue weighted by molar-refractivity contribution is 7.72. The van der Waals surface area contributed by atoms with E-state index in [-0.39, 0.29) is 30.6 Å². The summed E-state index contributed by atoms with van der Waals surface area (Å²) in [6, 6.07) is 0. The van der Waals surface area contributed by atoms with Gasteiger partial charge >= 0.3 is 15.2 Å². The van der Waals surface area contributed by atoms with Crippen LogP contribution in [-0.2, 0) is 9.13 Å². The molecule has 19 heavy (non-hydrogen) atoms. The van der Waals surface area contributed by atoms with Crippen molar-refractivity contribution in [2.24, 2.45) is 23.5 Å². The third-order valence-electron chi connectivity index (χ3n) is 4.90. The van der Waals surface area contributed by atoms with E-state index < -0.39 is 20.1 Å². The van der Waals surface area contributed by atoms with Crippen LogP contribution in [0.5, 0.6) is 0 Å². The van der Waals surface area contributed by atoms with Crippen LogP contribution in [0.1, 0.15) is 32.1 Å². The van der Waals surface area contributed by atoms with Gasteiger partial charge in [0, 0.05) is 0 Å². The summed E-state index contributed by atoms with van der Waals surface area (Å²) >= 11 is 0. The topological polar surface area (TPSA) is 141 Å². The largest absolute Gasteiger partial charge is 0.343 e. The van der Waals surface area contributed by atoms with Crippen LogP contribution in [0.25, 0.3) is 0 Å². The number of fused-ring (bicyclic) bond motifs is 1. The van der Waals surface area contributed by atoms with Gasteiger partial charge in [-0.3, -0.25) is 9.13 Å². The zero-order valence-corrected chi connectivity index (χ0v) is 12.3. The molecule has 3 unspecified atom stereocenters. The highest BCUT2D eigenvalue weighted by Gasteiger charge is 2.66. The smallest absolute Gasteiger partial charge is 0.330 e. The molecule has 0 bridgehead atoms. The Balaban J connectivity index is 2.40. The van der Waals surface area contributed by atoms with Crippen LogP contribution in [0.3, 0.4) is 0 Å². The summed E-state index contributed by atoms with van der Waals surface area (Å²) in [5, 5.41) is 0. The van der Waals surface area contributed by atoms with E-state index >= 15 is 0 Å². The molecule has 0 saturated heterocycles. The third kappa shape index (κ3) is 2.46. The first-order valence-corrected chi connectivity index (χ1v) is 9.66. The van der Waals surface area contributed by atoms with Crippen LogP contribution in [0, 0.1) is 17.8 Å². The van der Waals surface area contributed by atoms with E-state index in [2.05, 4.69) is 0 Å². The maximum Gasteiger partial charge on any atom is 0.343 e. The molecule has 0 radical (unpaired) electrons. The van der Waals surface area contributed by atoms with Crippen molar-refractivity contribution in [3.05, 3.63) is 0 Å². The van der Waals surface area contributed by atoms with Crippen LogP contribution in [0.4, 0.5) is 0 Å². The molecule has 3 atom stereocenters. The van der Waals surface area contributed by atoms with E-state index in [1.54, 1.807) is 0 Å². The van der Waals surface area contributed by atoms with Gasteiger partial charge in [-0.15, -0.1) is 0 Å². The maximum atomic E-state index is 11.7. The van der Waals surface area contributed by atoms with Crippen LogP contribution in [0.2, 0.25) is 0 Å². The fraction of sp³-hybridized carbons (Fsp3) is 1.00. The lowest BCUT2D eigenvalue weighted by atomic mass is 9.74. The minimum Gasteiger partial charge on any atom is -0.330 e. The summed E-state index contributed by atoms with van der Waals surface area (Å²) in [5.41, 5.74) is 5.68. The molecular weight excluding hydrogens is 292 g/mol. The van der Waals surface area contributed by atoms with Gasteiger partial charge in [0.1, 0.15) is 0 Å². The van der Waals surface area contributed by atoms with Gasteiger partial charge in [0.05, 0.1) is 0 Å². The first-order chi connectivity index (χ1) is 8.62. The Labute approximate surface area is 111 Å². The molecule has 0 aromatic rings.